The molecule has 0 radical (unpaired) electrons. The fraction of sp³-hybridized carbons (Fsp3) is 0.462. The molecule has 0 amide bonds. The minimum Gasteiger partial charge on any atom is -0.478 e. The van der Waals surface area contributed by atoms with Gasteiger partial charge in [-0.2, -0.15) is 4.31 Å². The molecule has 0 saturated carbocycles. The van der Waals surface area contributed by atoms with Crippen LogP contribution in [0.1, 0.15) is 30.1 Å². The molecule has 1 aromatic carbocycles. The number of hydrogen-bond acceptors (Lipinski definition) is 3. The third-order valence-corrected chi connectivity index (χ3v) is 5.76. The van der Waals surface area contributed by atoms with Gasteiger partial charge in [-0.1, -0.05) is 18.5 Å². The van der Waals surface area contributed by atoms with E-state index in [0.717, 1.165) is 18.9 Å². The quantitative estimate of drug-likeness (QED) is 0.929. The van der Waals surface area contributed by atoms with Gasteiger partial charge in [-0.05, 0) is 37.0 Å². The summed E-state index contributed by atoms with van der Waals surface area (Å²) in [5.41, 5.74) is -0.0852. The van der Waals surface area contributed by atoms with Crippen molar-refractivity contribution in [2.45, 2.75) is 24.7 Å². The molecule has 0 bridgehead atoms. The lowest BCUT2D eigenvalue weighted by molar-refractivity contribution is 0.0696. The monoisotopic (exact) mass is 317 g/mol. The van der Waals surface area contributed by atoms with Gasteiger partial charge in [0.1, 0.15) is 4.90 Å². The van der Waals surface area contributed by atoms with Gasteiger partial charge in [0.15, 0.2) is 0 Å². The van der Waals surface area contributed by atoms with Crippen molar-refractivity contribution in [3.8, 4) is 0 Å². The molecule has 110 valence electrons. The van der Waals surface area contributed by atoms with Gasteiger partial charge >= 0.3 is 5.97 Å². The van der Waals surface area contributed by atoms with Crippen LogP contribution in [-0.4, -0.2) is 36.9 Å². The summed E-state index contributed by atoms with van der Waals surface area (Å²) in [6, 6.07) is 3.73. The molecular formula is C13H16ClNO4S. The highest BCUT2D eigenvalue weighted by molar-refractivity contribution is 7.89. The lowest BCUT2D eigenvalue weighted by Gasteiger charge is -2.30. The smallest absolute Gasteiger partial charge is 0.335 e. The number of carboxylic acid groups (broad SMARTS) is 1. The molecule has 0 aliphatic carbocycles. The lowest BCUT2D eigenvalue weighted by Crippen LogP contribution is -2.39. The minimum atomic E-state index is -3.74. The van der Waals surface area contributed by atoms with Crippen molar-refractivity contribution in [3.63, 3.8) is 0 Å². The Hall–Kier alpha value is -1.11. The van der Waals surface area contributed by atoms with Crippen molar-refractivity contribution in [2.75, 3.05) is 13.1 Å². The number of carboxylic acids is 1. The van der Waals surface area contributed by atoms with Crippen molar-refractivity contribution in [3.05, 3.63) is 28.8 Å². The zero-order valence-electron chi connectivity index (χ0n) is 11.0. The number of sulfonamides is 1. The Balaban J connectivity index is 2.43. The van der Waals surface area contributed by atoms with Crippen LogP contribution in [0.3, 0.4) is 0 Å². The Kier molecular flexibility index (Phi) is 4.36. The van der Waals surface area contributed by atoms with Crippen LogP contribution in [0.5, 0.6) is 0 Å². The second kappa shape index (κ2) is 5.71. The topological polar surface area (TPSA) is 74.7 Å². The van der Waals surface area contributed by atoms with E-state index in [9.17, 15) is 13.2 Å². The molecule has 1 aromatic rings. The van der Waals surface area contributed by atoms with E-state index in [4.69, 9.17) is 16.7 Å². The molecular weight excluding hydrogens is 302 g/mol. The molecule has 1 aliphatic rings. The molecule has 0 spiro atoms. The van der Waals surface area contributed by atoms with Crippen molar-refractivity contribution in [2.24, 2.45) is 5.92 Å². The number of hydrogen-bond donors (Lipinski definition) is 1. The number of rotatable bonds is 3. The maximum Gasteiger partial charge on any atom is 0.335 e. The SMILES string of the molecule is C[C@@H]1CCCN(S(=O)(=O)c2cc(C(=O)O)ccc2Cl)C1. The van der Waals surface area contributed by atoms with Crippen LogP contribution >= 0.6 is 11.6 Å². The molecule has 7 heteroatoms. The average molecular weight is 318 g/mol. The molecule has 1 heterocycles. The lowest BCUT2D eigenvalue weighted by atomic mass is 10.0. The van der Waals surface area contributed by atoms with Gasteiger partial charge in [0.25, 0.3) is 0 Å². The summed E-state index contributed by atoms with van der Waals surface area (Å²) in [6.07, 6.45) is 1.80. The summed E-state index contributed by atoms with van der Waals surface area (Å²) in [4.78, 5) is 10.8. The Morgan fingerprint density at radius 3 is 2.75 bits per heavy atom. The van der Waals surface area contributed by atoms with Crippen LogP contribution < -0.4 is 0 Å². The molecule has 1 aliphatic heterocycles. The van der Waals surface area contributed by atoms with Crippen molar-refractivity contribution >= 4 is 27.6 Å². The zero-order chi connectivity index (χ0) is 14.9. The molecule has 2 rings (SSSR count). The van der Waals surface area contributed by atoms with Gasteiger partial charge < -0.3 is 5.11 Å². The molecule has 5 nitrogen and oxygen atoms in total. The third-order valence-electron chi connectivity index (χ3n) is 3.42. The second-order valence-corrected chi connectivity index (χ2v) is 7.37. The fourth-order valence-corrected chi connectivity index (χ4v) is 4.44. The van der Waals surface area contributed by atoms with E-state index in [1.54, 1.807) is 0 Å². The number of halogens is 1. The predicted molar refractivity (Wildman–Crippen MR) is 75.6 cm³/mol. The predicted octanol–water partition coefficient (Wildman–Crippen LogP) is 2.46. The van der Waals surface area contributed by atoms with Gasteiger partial charge in [-0.3, -0.25) is 0 Å². The van der Waals surface area contributed by atoms with Crippen LogP contribution in [0.2, 0.25) is 5.02 Å². The minimum absolute atomic E-state index is 0.0493. The maximum atomic E-state index is 12.6. The summed E-state index contributed by atoms with van der Waals surface area (Å²) < 4.78 is 26.5. The molecule has 20 heavy (non-hydrogen) atoms. The Labute approximate surface area is 123 Å². The first-order valence-electron chi connectivity index (χ1n) is 6.35. The number of benzene rings is 1. The Morgan fingerprint density at radius 1 is 1.45 bits per heavy atom. The second-order valence-electron chi connectivity index (χ2n) is 5.06. The van der Waals surface area contributed by atoms with E-state index >= 15 is 0 Å². The normalized spacial score (nSPS) is 20.8. The Morgan fingerprint density at radius 2 is 2.15 bits per heavy atom. The van der Waals surface area contributed by atoms with Gasteiger partial charge in [0.2, 0.25) is 10.0 Å². The number of carbonyl (C=O) groups is 1. The largest absolute Gasteiger partial charge is 0.478 e. The number of aromatic carboxylic acids is 1. The van der Waals surface area contributed by atoms with Crippen LogP contribution in [0.4, 0.5) is 0 Å². The highest BCUT2D eigenvalue weighted by atomic mass is 35.5. The van der Waals surface area contributed by atoms with E-state index in [1.807, 2.05) is 6.92 Å². The summed E-state index contributed by atoms with van der Waals surface area (Å²) in [5, 5.41) is 9.02. The van der Waals surface area contributed by atoms with Crippen LogP contribution in [0, 0.1) is 5.92 Å². The number of nitrogens with zero attached hydrogens (tertiary/aromatic N) is 1. The van der Waals surface area contributed by atoms with Gasteiger partial charge in [0, 0.05) is 13.1 Å². The highest BCUT2D eigenvalue weighted by Crippen LogP contribution is 2.29. The maximum absolute atomic E-state index is 12.6. The standard InChI is InChI=1S/C13H16ClNO4S/c1-9-3-2-6-15(8-9)20(18,19)12-7-10(13(16)17)4-5-11(12)14/h4-5,7,9H,2-3,6,8H2,1H3,(H,16,17)/t9-/m1/s1. The Bertz CT molecular complexity index is 629. The first-order chi connectivity index (χ1) is 9.32. The zero-order valence-corrected chi connectivity index (χ0v) is 12.6. The van der Waals surface area contributed by atoms with E-state index in [2.05, 4.69) is 0 Å². The van der Waals surface area contributed by atoms with Crippen LogP contribution in [0.25, 0.3) is 0 Å². The van der Waals surface area contributed by atoms with Gasteiger partial charge in [-0.15, -0.1) is 0 Å². The van der Waals surface area contributed by atoms with Crippen molar-refractivity contribution < 1.29 is 18.3 Å². The molecule has 1 atom stereocenters. The molecule has 1 N–H and O–H groups in total. The third kappa shape index (κ3) is 2.97. The first kappa shape index (κ1) is 15.3. The van der Waals surface area contributed by atoms with Crippen molar-refractivity contribution in [1.29, 1.82) is 0 Å². The summed E-state index contributed by atoms with van der Waals surface area (Å²) >= 11 is 5.94. The summed E-state index contributed by atoms with van der Waals surface area (Å²) in [5.74, 6) is -0.884. The van der Waals surface area contributed by atoms with Gasteiger partial charge in [0.05, 0.1) is 10.6 Å². The van der Waals surface area contributed by atoms with E-state index < -0.39 is 16.0 Å². The van der Waals surface area contributed by atoms with Crippen LogP contribution in [-0.2, 0) is 10.0 Å². The van der Waals surface area contributed by atoms with E-state index in [1.165, 1.54) is 16.4 Å². The van der Waals surface area contributed by atoms with E-state index in [-0.39, 0.29) is 15.5 Å². The summed E-state index contributed by atoms with van der Waals surface area (Å²) in [7, 11) is -3.74. The molecule has 0 unspecified atom stereocenters. The van der Waals surface area contributed by atoms with Crippen molar-refractivity contribution in [1.82, 2.24) is 4.31 Å². The molecule has 1 saturated heterocycles. The number of piperidine rings is 1. The highest BCUT2D eigenvalue weighted by Gasteiger charge is 2.30. The van der Waals surface area contributed by atoms with E-state index in [0.29, 0.717) is 19.0 Å². The first-order valence-corrected chi connectivity index (χ1v) is 8.17. The molecule has 0 aromatic heterocycles. The fourth-order valence-electron chi connectivity index (χ4n) is 2.34. The van der Waals surface area contributed by atoms with Gasteiger partial charge in [-0.25, -0.2) is 13.2 Å². The molecule has 1 fully saturated rings. The average Bonchev–Trinajstić information content (AvgIpc) is 2.38. The summed E-state index contributed by atoms with van der Waals surface area (Å²) in [6.45, 7) is 2.88. The van der Waals surface area contributed by atoms with Crippen LogP contribution in [0.15, 0.2) is 23.1 Å².